The molecule has 0 saturated carbocycles. The summed E-state index contributed by atoms with van der Waals surface area (Å²) in [5.74, 6) is -0.462. The number of benzene rings is 1. The highest BCUT2D eigenvalue weighted by molar-refractivity contribution is 5.94. The van der Waals surface area contributed by atoms with E-state index < -0.39 is 5.97 Å². The number of fused-ring (bicyclic) bond motifs is 3. The Bertz CT molecular complexity index is 1050. The van der Waals surface area contributed by atoms with Gasteiger partial charge in [0.25, 0.3) is 0 Å². The number of aromatic carboxylic acids is 1. The van der Waals surface area contributed by atoms with Crippen molar-refractivity contribution in [1.29, 1.82) is 0 Å². The largest absolute Gasteiger partial charge is 0.478 e. The fourth-order valence-corrected chi connectivity index (χ4v) is 2.59. The van der Waals surface area contributed by atoms with Crippen LogP contribution in [0.1, 0.15) is 15.9 Å². The van der Waals surface area contributed by atoms with Crippen molar-refractivity contribution < 1.29 is 9.90 Å². The predicted molar refractivity (Wildman–Crippen MR) is 85.4 cm³/mol. The topological polar surface area (TPSA) is 80.4 Å². The maximum atomic E-state index is 11.2. The van der Waals surface area contributed by atoms with Crippen LogP contribution >= 0.6 is 0 Å². The summed E-state index contributed by atoms with van der Waals surface area (Å²) in [6.07, 6.45) is 5.39. The van der Waals surface area contributed by atoms with Crippen LogP contribution in [0, 0.1) is 6.92 Å². The van der Waals surface area contributed by atoms with Crippen molar-refractivity contribution in [1.82, 2.24) is 19.4 Å². The van der Waals surface area contributed by atoms with Gasteiger partial charge >= 0.3 is 5.97 Å². The van der Waals surface area contributed by atoms with Crippen LogP contribution in [0.5, 0.6) is 0 Å². The maximum absolute atomic E-state index is 11.2. The summed E-state index contributed by atoms with van der Waals surface area (Å²) in [4.78, 5) is 24.5. The van der Waals surface area contributed by atoms with Crippen molar-refractivity contribution in [3.05, 3.63) is 60.0 Å². The molecule has 4 rings (SSSR count). The van der Waals surface area contributed by atoms with Gasteiger partial charge in [-0.3, -0.25) is 0 Å². The van der Waals surface area contributed by atoms with E-state index >= 15 is 0 Å². The lowest BCUT2D eigenvalue weighted by atomic mass is 10.2. The second-order valence-electron chi connectivity index (χ2n) is 5.32. The van der Waals surface area contributed by atoms with Gasteiger partial charge in [0.2, 0.25) is 0 Å². The van der Waals surface area contributed by atoms with Gasteiger partial charge in [0.15, 0.2) is 5.82 Å². The minimum atomic E-state index is -0.977. The maximum Gasteiger partial charge on any atom is 0.335 e. The van der Waals surface area contributed by atoms with Crippen molar-refractivity contribution in [2.45, 2.75) is 6.92 Å². The minimum Gasteiger partial charge on any atom is -0.478 e. The first-order valence-corrected chi connectivity index (χ1v) is 7.06. The number of aromatic nitrogens is 4. The molecular formula is C17H12N4O2. The average molecular weight is 304 g/mol. The zero-order valence-electron chi connectivity index (χ0n) is 12.3. The normalized spacial score (nSPS) is 11.2. The van der Waals surface area contributed by atoms with E-state index in [4.69, 9.17) is 0 Å². The predicted octanol–water partition coefficient (Wildman–Crippen LogP) is 2.95. The van der Waals surface area contributed by atoms with Gasteiger partial charge in [0, 0.05) is 18.6 Å². The Balaban J connectivity index is 2.07. The molecule has 0 unspecified atom stereocenters. The molecule has 0 aliphatic heterocycles. The molecule has 6 nitrogen and oxygen atoms in total. The van der Waals surface area contributed by atoms with E-state index in [-0.39, 0.29) is 5.56 Å². The summed E-state index contributed by atoms with van der Waals surface area (Å²) >= 11 is 0. The van der Waals surface area contributed by atoms with Gasteiger partial charge in [-0.05, 0) is 42.8 Å². The molecule has 3 heterocycles. The first-order valence-electron chi connectivity index (χ1n) is 7.06. The Morgan fingerprint density at radius 1 is 1.13 bits per heavy atom. The highest BCUT2D eigenvalue weighted by Crippen LogP contribution is 2.25. The summed E-state index contributed by atoms with van der Waals surface area (Å²) < 4.78 is 1.96. The second-order valence-corrected chi connectivity index (χ2v) is 5.32. The lowest BCUT2D eigenvalue weighted by molar-refractivity contribution is 0.0697. The van der Waals surface area contributed by atoms with Gasteiger partial charge in [0.05, 0.1) is 22.1 Å². The molecule has 0 saturated heterocycles. The molecule has 6 heteroatoms. The Kier molecular flexibility index (Phi) is 2.84. The molecule has 0 fully saturated rings. The van der Waals surface area contributed by atoms with E-state index in [0.29, 0.717) is 17.0 Å². The molecule has 1 aromatic carbocycles. The smallest absolute Gasteiger partial charge is 0.335 e. The van der Waals surface area contributed by atoms with Crippen molar-refractivity contribution in [2.75, 3.05) is 0 Å². The molecule has 0 spiro atoms. The number of nitrogens with zero attached hydrogens (tertiary/aromatic N) is 4. The van der Waals surface area contributed by atoms with Crippen molar-refractivity contribution >= 4 is 22.5 Å². The van der Waals surface area contributed by atoms with Crippen molar-refractivity contribution in [2.24, 2.45) is 0 Å². The zero-order valence-corrected chi connectivity index (χ0v) is 12.3. The first kappa shape index (κ1) is 13.4. The lowest BCUT2D eigenvalue weighted by Crippen LogP contribution is -2.01. The third kappa shape index (κ3) is 2.12. The van der Waals surface area contributed by atoms with E-state index in [1.165, 1.54) is 0 Å². The summed E-state index contributed by atoms with van der Waals surface area (Å²) in [5.41, 5.74) is 4.11. The number of hydrogen-bond donors (Lipinski definition) is 1. The number of carboxylic acid groups (broad SMARTS) is 1. The monoisotopic (exact) mass is 304 g/mol. The molecule has 3 aromatic heterocycles. The molecule has 0 bridgehead atoms. The van der Waals surface area contributed by atoms with Crippen LogP contribution in [0.3, 0.4) is 0 Å². The van der Waals surface area contributed by atoms with Gasteiger partial charge in [-0.25, -0.2) is 19.7 Å². The van der Waals surface area contributed by atoms with Crippen LogP contribution in [-0.2, 0) is 0 Å². The van der Waals surface area contributed by atoms with Crippen LogP contribution in [0.15, 0.2) is 48.9 Å². The summed E-state index contributed by atoms with van der Waals surface area (Å²) in [7, 11) is 0. The van der Waals surface area contributed by atoms with E-state index in [1.807, 2.05) is 29.7 Å². The summed E-state index contributed by atoms with van der Waals surface area (Å²) in [5, 5.41) is 9.18. The van der Waals surface area contributed by atoms with Gasteiger partial charge < -0.3 is 9.51 Å². The number of aryl methyl sites for hydroxylation is 1. The molecule has 4 aromatic rings. The number of carboxylic acids is 1. The van der Waals surface area contributed by atoms with E-state index in [1.54, 1.807) is 30.6 Å². The van der Waals surface area contributed by atoms with Crippen LogP contribution in [0.25, 0.3) is 28.1 Å². The third-order valence-electron chi connectivity index (χ3n) is 3.70. The molecule has 0 amide bonds. The van der Waals surface area contributed by atoms with Gasteiger partial charge in [-0.15, -0.1) is 0 Å². The Morgan fingerprint density at radius 3 is 2.65 bits per heavy atom. The van der Waals surface area contributed by atoms with E-state index in [0.717, 1.165) is 16.6 Å². The first-order chi connectivity index (χ1) is 11.1. The standard InChI is InChI=1S/C17H12N4O2/c1-10-8-18-16(19-9-10)15-14-3-2-6-21(14)13-5-4-11(17(22)23)7-12(13)20-15/h2-9H,1H3,(H,22,23). The van der Waals surface area contributed by atoms with Crippen molar-refractivity contribution in [3.8, 4) is 11.5 Å². The summed E-state index contributed by atoms with van der Waals surface area (Å²) in [6.45, 7) is 1.92. The van der Waals surface area contributed by atoms with Gasteiger partial charge in [-0.1, -0.05) is 0 Å². The molecule has 0 aliphatic carbocycles. The van der Waals surface area contributed by atoms with E-state index in [2.05, 4.69) is 15.0 Å². The molecule has 1 N–H and O–H groups in total. The average Bonchev–Trinajstić information content (AvgIpc) is 3.04. The molecule has 0 atom stereocenters. The fraction of sp³-hybridized carbons (Fsp3) is 0.0588. The number of hydrogen-bond acceptors (Lipinski definition) is 4. The van der Waals surface area contributed by atoms with Gasteiger partial charge in [0.1, 0.15) is 5.69 Å². The van der Waals surface area contributed by atoms with Crippen LogP contribution in [0.2, 0.25) is 0 Å². The van der Waals surface area contributed by atoms with E-state index in [9.17, 15) is 9.90 Å². The number of rotatable bonds is 2. The highest BCUT2D eigenvalue weighted by atomic mass is 16.4. The van der Waals surface area contributed by atoms with Gasteiger partial charge in [-0.2, -0.15) is 0 Å². The molecular weight excluding hydrogens is 292 g/mol. The van der Waals surface area contributed by atoms with Crippen LogP contribution in [-0.4, -0.2) is 30.4 Å². The van der Waals surface area contributed by atoms with Crippen LogP contribution in [0.4, 0.5) is 0 Å². The fourth-order valence-electron chi connectivity index (χ4n) is 2.59. The SMILES string of the molecule is Cc1cnc(-c2nc3cc(C(=O)O)ccc3n3cccc23)nc1. The Morgan fingerprint density at radius 2 is 1.91 bits per heavy atom. The number of carbonyl (C=O) groups is 1. The molecule has 112 valence electrons. The highest BCUT2D eigenvalue weighted by Gasteiger charge is 2.13. The quantitative estimate of drug-likeness (QED) is 0.616. The van der Waals surface area contributed by atoms with Crippen molar-refractivity contribution in [3.63, 3.8) is 0 Å². The third-order valence-corrected chi connectivity index (χ3v) is 3.70. The summed E-state index contributed by atoms with van der Waals surface area (Å²) in [6, 6.07) is 8.76. The second kappa shape index (κ2) is 4.88. The minimum absolute atomic E-state index is 0.201. The lowest BCUT2D eigenvalue weighted by Gasteiger charge is -2.08. The molecule has 23 heavy (non-hydrogen) atoms. The molecule has 0 radical (unpaired) electrons. The molecule has 0 aliphatic rings. The Labute approximate surface area is 131 Å². The zero-order chi connectivity index (χ0) is 16.0. The Hall–Kier alpha value is -3.28. The van der Waals surface area contributed by atoms with Crippen LogP contribution < -0.4 is 0 Å².